The second-order valence-corrected chi connectivity index (χ2v) is 3.85. The second-order valence-electron chi connectivity index (χ2n) is 3.85. The van der Waals surface area contributed by atoms with Crippen LogP contribution in [-0.4, -0.2) is 17.5 Å². The van der Waals surface area contributed by atoms with Gasteiger partial charge in [0.15, 0.2) is 0 Å². The first-order valence-corrected chi connectivity index (χ1v) is 5.58. The van der Waals surface area contributed by atoms with Crippen LogP contribution in [0.3, 0.4) is 0 Å². The zero-order valence-electron chi connectivity index (χ0n) is 9.22. The van der Waals surface area contributed by atoms with Crippen LogP contribution in [0.1, 0.15) is 51.9 Å². The number of rotatable bonds is 9. The molecule has 1 N–H and O–H groups in total. The Bertz CT molecular complexity index is 172. The van der Waals surface area contributed by atoms with Gasteiger partial charge in [0.2, 0.25) is 6.43 Å². The Labute approximate surface area is 89.7 Å². The highest BCUT2D eigenvalue weighted by molar-refractivity contribution is 5.69. The summed E-state index contributed by atoms with van der Waals surface area (Å²) in [4.78, 5) is 10.7. The summed E-state index contributed by atoms with van der Waals surface area (Å²) in [5.74, 6) is -1.05. The maximum absolute atomic E-state index is 11.8. The van der Waals surface area contributed by atoms with Gasteiger partial charge in [-0.25, -0.2) is 8.78 Å². The zero-order chi connectivity index (χ0) is 11.7. The topological polar surface area (TPSA) is 37.3 Å². The van der Waals surface area contributed by atoms with E-state index in [0.717, 1.165) is 12.8 Å². The van der Waals surface area contributed by atoms with Gasteiger partial charge in [0, 0.05) is 6.42 Å². The minimum absolute atomic E-state index is 0.0640. The first-order valence-electron chi connectivity index (χ1n) is 5.58. The molecule has 0 aromatic carbocycles. The Balaban J connectivity index is 3.49. The van der Waals surface area contributed by atoms with E-state index >= 15 is 0 Å². The van der Waals surface area contributed by atoms with E-state index in [4.69, 9.17) is 5.11 Å². The van der Waals surface area contributed by atoms with E-state index < -0.39 is 12.4 Å². The molecule has 0 rings (SSSR count). The Hall–Kier alpha value is -0.670. The molecule has 0 amide bonds. The van der Waals surface area contributed by atoms with Crippen LogP contribution in [0.25, 0.3) is 0 Å². The van der Waals surface area contributed by atoms with Crippen molar-refractivity contribution in [2.24, 2.45) is 5.92 Å². The van der Waals surface area contributed by atoms with Gasteiger partial charge < -0.3 is 5.11 Å². The van der Waals surface area contributed by atoms with Crippen molar-refractivity contribution in [3.8, 4) is 0 Å². The molecule has 1 atom stereocenters. The lowest BCUT2D eigenvalue weighted by atomic mass is 9.96. The van der Waals surface area contributed by atoms with Crippen LogP contribution in [0.5, 0.6) is 0 Å². The molecule has 0 heterocycles. The smallest absolute Gasteiger partial charge is 0.306 e. The molecule has 0 bridgehead atoms. The largest absolute Gasteiger partial charge is 0.481 e. The average molecular weight is 222 g/mol. The fourth-order valence-electron chi connectivity index (χ4n) is 1.61. The number of unbranched alkanes of at least 4 members (excludes halogenated alkanes) is 2. The van der Waals surface area contributed by atoms with Crippen molar-refractivity contribution >= 4 is 5.97 Å². The van der Waals surface area contributed by atoms with Crippen molar-refractivity contribution < 1.29 is 18.7 Å². The van der Waals surface area contributed by atoms with Gasteiger partial charge in [-0.1, -0.05) is 26.2 Å². The predicted octanol–water partition coefficient (Wildman–Crippen LogP) is 3.70. The van der Waals surface area contributed by atoms with Gasteiger partial charge in [0.05, 0.1) is 5.92 Å². The van der Waals surface area contributed by atoms with E-state index in [-0.39, 0.29) is 12.3 Å². The average Bonchev–Trinajstić information content (AvgIpc) is 2.15. The summed E-state index contributed by atoms with van der Waals surface area (Å²) in [5.41, 5.74) is 0. The SMILES string of the molecule is CCCC(CCCCCC(F)F)C(=O)O. The lowest BCUT2D eigenvalue weighted by Gasteiger charge is -2.10. The molecule has 0 aliphatic rings. The number of hydrogen-bond acceptors (Lipinski definition) is 1. The van der Waals surface area contributed by atoms with Crippen LogP contribution in [0.4, 0.5) is 8.78 Å². The summed E-state index contributed by atoms with van der Waals surface area (Å²) in [6, 6.07) is 0. The molecule has 2 nitrogen and oxygen atoms in total. The summed E-state index contributed by atoms with van der Waals surface area (Å²) in [6.45, 7) is 1.95. The molecule has 15 heavy (non-hydrogen) atoms. The summed E-state index contributed by atoms with van der Waals surface area (Å²) < 4.78 is 23.6. The molecule has 0 spiro atoms. The lowest BCUT2D eigenvalue weighted by Crippen LogP contribution is -2.13. The van der Waals surface area contributed by atoms with Crippen molar-refractivity contribution in [2.75, 3.05) is 0 Å². The molecule has 0 saturated heterocycles. The van der Waals surface area contributed by atoms with Crippen LogP contribution in [0.15, 0.2) is 0 Å². The normalized spacial score (nSPS) is 13.1. The molecule has 0 aliphatic heterocycles. The predicted molar refractivity (Wildman–Crippen MR) is 55.1 cm³/mol. The number of alkyl halides is 2. The van der Waals surface area contributed by atoms with Crippen LogP contribution >= 0.6 is 0 Å². The molecule has 1 unspecified atom stereocenters. The van der Waals surface area contributed by atoms with E-state index in [1.54, 1.807) is 0 Å². The Kier molecular flexibility index (Phi) is 8.24. The van der Waals surface area contributed by atoms with E-state index in [0.29, 0.717) is 25.7 Å². The third kappa shape index (κ3) is 8.33. The monoisotopic (exact) mass is 222 g/mol. The van der Waals surface area contributed by atoms with Crippen molar-refractivity contribution in [3.05, 3.63) is 0 Å². The van der Waals surface area contributed by atoms with E-state index in [1.807, 2.05) is 6.92 Å². The fraction of sp³-hybridized carbons (Fsp3) is 0.909. The summed E-state index contributed by atoms with van der Waals surface area (Å²) in [5, 5.41) is 8.83. The third-order valence-corrected chi connectivity index (χ3v) is 2.46. The van der Waals surface area contributed by atoms with Gasteiger partial charge in [-0.3, -0.25) is 4.79 Å². The van der Waals surface area contributed by atoms with Crippen molar-refractivity contribution in [1.82, 2.24) is 0 Å². The first-order chi connectivity index (χ1) is 7.07. The minimum Gasteiger partial charge on any atom is -0.481 e. The highest BCUT2D eigenvalue weighted by Gasteiger charge is 2.15. The van der Waals surface area contributed by atoms with Gasteiger partial charge in [-0.2, -0.15) is 0 Å². The van der Waals surface area contributed by atoms with E-state index in [1.165, 1.54) is 0 Å². The van der Waals surface area contributed by atoms with Gasteiger partial charge in [0.25, 0.3) is 0 Å². The second kappa shape index (κ2) is 8.62. The maximum atomic E-state index is 11.8. The number of hydrogen-bond donors (Lipinski definition) is 1. The van der Waals surface area contributed by atoms with E-state index in [2.05, 4.69) is 0 Å². The quantitative estimate of drug-likeness (QED) is 0.604. The van der Waals surface area contributed by atoms with Crippen LogP contribution in [-0.2, 0) is 4.79 Å². The van der Waals surface area contributed by atoms with Crippen molar-refractivity contribution in [2.45, 2.75) is 58.3 Å². The number of carboxylic acid groups (broad SMARTS) is 1. The fourth-order valence-corrected chi connectivity index (χ4v) is 1.61. The van der Waals surface area contributed by atoms with Gasteiger partial charge >= 0.3 is 5.97 Å². The lowest BCUT2D eigenvalue weighted by molar-refractivity contribution is -0.142. The minimum atomic E-state index is -2.23. The number of aliphatic carboxylic acids is 1. The Morgan fingerprint density at radius 1 is 1.13 bits per heavy atom. The number of halogens is 2. The van der Waals surface area contributed by atoms with E-state index in [9.17, 15) is 13.6 Å². The molecule has 0 saturated carbocycles. The molecule has 90 valence electrons. The van der Waals surface area contributed by atoms with Crippen molar-refractivity contribution in [1.29, 1.82) is 0 Å². The van der Waals surface area contributed by atoms with Gasteiger partial charge in [0.1, 0.15) is 0 Å². The molecule has 0 fully saturated rings. The standard InChI is InChI=1S/C11H20F2O2/c1-2-6-9(11(14)15)7-4-3-5-8-10(12)13/h9-10H,2-8H2,1H3,(H,14,15). The van der Waals surface area contributed by atoms with Gasteiger partial charge in [-0.15, -0.1) is 0 Å². The summed E-state index contributed by atoms with van der Waals surface area (Å²) in [6.07, 6.45) is 1.81. The first kappa shape index (κ1) is 14.3. The van der Waals surface area contributed by atoms with Crippen LogP contribution in [0, 0.1) is 5.92 Å². The molecule has 4 heteroatoms. The summed E-state index contributed by atoms with van der Waals surface area (Å²) in [7, 11) is 0. The number of carboxylic acids is 1. The highest BCUT2D eigenvalue weighted by Crippen LogP contribution is 2.17. The van der Waals surface area contributed by atoms with Gasteiger partial charge in [-0.05, 0) is 19.3 Å². The third-order valence-electron chi connectivity index (χ3n) is 2.46. The molecule has 0 aliphatic carbocycles. The number of carbonyl (C=O) groups is 1. The zero-order valence-corrected chi connectivity index (χ0v) is 9.22. The Morgan fingerprint density at radius 2 is 1.73 bits per heavy atom. The Morgan fingerprint density at radius 3 is 2.20 bits per heavy atom. The van der Waals surface area contributed by atoms with Crippen LogP contribution in [0.2, 0.25) is 0 Å². The molecule has 0 aromatic heterocycles. The molecule has 0 radical (unpaired) electrons. The summed E-state index contributed by atoms with van der Waals surface area (Å²) >= 11 is 0. The van der Waals surface area contributed by atoms with Crippen molar-refractivity contribution in [3.63, 3.8) is 0 Å². The molecular formula is C11H20F2O2. The highest BCUT2D eigenvalue weighted by atomic mass is 19.3. The maximum Gasteiger partial charge on any atom is 0.306 e. The van der Waals surface area contributed by atoms with Crippen LogP contribution < -0.4 is 0 Å². The molecule has 0 aromatic rings. The molecular weight excluding hydrogens is 202 g/mol.